The molecule has 5 unspecified atom stereocenters. The minimum atomic E-state index is -1.39. The summed E-state index contributed by atoms with van der Waals surface area (Å²) >= 11 is 3.74. The zero-order chi connectivity index (χ0) is 36.4. The largest absolute Gasteiger partial charge is 0.463 e. The van der Waals surface area contributed by atoms with Crippen LogP contribution in [0.15, 0.2) is 76.1 Å². The van der Waals surface area contributed by atoms with E-state index in [9.17, 15) is 28.8 Å². The second-order valence-electron chi connectivity index (χ2n) is 11.4. The first kappa shape index (κ1) is 35.9. The van der Waals surface area contributed by atoms with Crippen molar-refractivity contribution in [3.63, 3.8) is 0 Å². The summed E-state index contributed by atoms with van der Waals surface area (Å²) in [6, 6.07) is 17.8. The van der Waals surface area contributed by atoms with Crippen molar-refractivity contribution >= 4 is 101 Å². The molecule has 2 aromatic heterocycles. The highest BCUT2D eigenvalue weighted by Gasteiger charge is 2.53. The molecule has 4 aromatic rings. The summed E-state index contributed by atoms with van der Waals surface area (Å²) in [6.45, 7) is 4.20. The van der Waals surface area contributed by atoms with Crippen LogP contribution in [-0.4, -0.2) is 71.4 Å². The predicted octanol–water partition coefficient (Wildman–Crippen LogP) is 5.04. The van der Waals surface area contributed by atoms with Crippen LogP contribution in [0.3, 0.4) is 0 Å². The molecule has 0 N–H and O–H groups in total. The number of aliphatic imine (C=N–C) groups is 1. The van der Waals surface area contributed by atoms with Gasteiger partial charge in [0.05, 0.1) is 15.1 Å². The average molecular weight is 751 g/mol. The van der Waals surface area contributed by atoms with E-state index in [0.717, 1.165) is 41.2 Å². The van der Waals surface area contributed by atoms with Gasteiger partial charge in [-0.15, -0.1) is 22.7 Å². The maximum absolute atomic E-state index is 14.1. The highest BCUT2D eigenvalue weighted by molar-refractivity contribution is 8.14. The highest BCUT2D eigenvalue weighted by Crippen LogP contribution is 2.39. The molecular weight excluding hydrogens is 721 g/mol. The van der Waals surface area contributed by atoms with Crippen LogP contribution in [0.4, 0.5) is 5.69 Å². The molecule has 264 valence electrons. The molecule has 1 amide bonds. The van der Waals surface area contributed by atoms with E-state index in [1.807, 2.05) is 18.2 Å². The van der Waals surface area contributed by atoms with Crippen LogP contribution in [0, 0.1) is 0 Å². The fourth-order valence-corrected chi connectivity index (χ4v) is 9.21. The predicted molar refractivity (Wildman–Crippen MR) is 192 cm³/mol. The normalized spacial score (nSPS) is 22.5. The number of carbonyl (C=O) groups is 5. The molecule has 0 spiro atoms. The minimum absolute atomic E-state index is 0.0561. The van der Waals surface area contributed by atoms with Crippen LogP contribution < -0.4 is 10.3 Å². The third-order valence-electron chi connectivity index (χ3n) is 7.59. The highest BCUT2D eigenvalue weighted by atomic mass is 32.2. The van der Waals surface area contributed by atoms with Gasteiger partial charge in [-0.1, -0.05) is 42.1 Å². The number of para-hydroxylation sites is 1. The van der Waals surface area contributed by atoms with E-state index < -0.39 is 66.2 Å². The standard InChI is InChI=1S/C35H30N2O11S3/c1-17(38)44-16-26-29(45-18(2)39)30(46-19(3)40)31(47-20(4)41)33(48-26)51-35-36-25(32(43)37(35)21-10-6-5-7-11-21)15-22-14-24-28(42)23-12-8-9-13-27(23)50-34(24)49-22/h5-15,26,29-31,33H,16H2,1-4H3/b25-15-. The Morgan fingerprint density at radius 3 is 2.16 bits per heavy atom. The Morgan fingerprint density at radius 2 is 1.47 bits per heavy atom. The van der Waals surface area contributed by atoms with Gasteiger partial charge in [0.15, 0.2) is 34.3 Å². The number of thioether (sulfide) groups is 1. The van der Waals surface area contributed by atoms with Crippen molar-refractivity contribution in [2.75, 3.05) is 11.5 Å². The number of fused-ring (bicyclic) bond motifs is 2. The van der Waals surface area contributed by atoms with E-state index in [1.165, 1.54) is 34.5 Å². The third kappa shape index (κ3) is 7.88. The van der Waals surface area contributed by atoms with Crippen LogP contribution in [0.1, 0.15) is 32.6 Å². The molecule has 0 aliphatic carbocycles. The quantitative estimate of drug-likeness (QED) is 0.134. The van der Waals surface area contributed by atoms with Gasteiger partial charge in [-0.3, -0.25) is 33.7 Å². The first-order valence-electron chi connectivity index (χ1n) is 15.5. The van der Waals surface area contributed by atoms with E-state index in [2.05, 4.69) is 4.99 Å². The summed E-state index contributed by atoms with van der Waals surface area (Å²) in [4.78, 5) is 82.6. The Kier molecular flexibility index (Phi) is 10.7. The van der Waals surface area contributed by atoms with Crippen molar-refractivity contribution in [2.24, 2.45) is 4.99 Å². The van der Waals surface area contributed by atoms with E-state index >= 15 is 0 Å². The van der Waals surface area contributed by atoms with Crippen molar-refractivity contribution < 1.29 is 47.7 Å². The van der Waals surface area contributed by atoms with Crippen LogP contribution in [-0.2, 0) is 47.7 Å². The number of rotatable bonds is 8. The van der Waals surface area contributed by atoms with E-state index in [1.54, 1.807) is 48.5 Å². The summed E-state index contributed by atoms with van der Waals surface area (Å²) < 4.78 is 29.8. The lowest BCUT2D eigenvalue weighted by atomic mass is 9.99. The van der Waals surface area contributed by atoms with Gasteiger partial charge in [0.1, 0.15) is 18.4 Å². The van der Waals surface area contributed by atoms with Crippen LogP contribution in [0.5, 0.6) is 0 Å². The van der Waals surface area contributed by atoms with Gasteiger partial charge in [0.25, 0.3) is 5.91 Å². The number of hydrogen-bond acceptors (Lipinski definition) is 15. The Morgan fingerprint density at radius 1 is 0.824 bits per heavy atom. The lowest BCUT2D eigenvalue weighted by Crippen LogP contribution is -2.61. The number of thiophene rings is 1. The molecule has 51 heavy (non-hydrogen) atoms. The van der Waals surface area contributed by atoms with Crippen molar-refractivity contribution in [1.82, 2.24) is 0 Å². The molecule has 2 aliphatic rings. The van der Waals surface area contributed by atoms with E-state index in [4.69, 9.17) is 23.7 Å². The molecule has 13 nitrogen and oxygen atoms in total. The molecule has 5 atom stereocenters. The number of amidine groups is 1. The molecule has 16 heteroatoms. The molecule has 6 rings (SSSR count). The number of benzene rings is 2. The fourth-order valence-electron chi connectivity index (χ4n) is 5.59. The number of nitrogens with zero attached hydrogens (tertiary/aromatic N) is 2. The lowest BCUT2D eigenvalue weighted by molar-refractivity contribution is -0.237. The monoisotopic (exact) mass is 750 g/mol. The van der Waals surface area contributed by atoms with Crippen LogP contribution in [0.2, 0.25) is 0 Å². The Labute approximate surface area is 302 Å². The van der Waals surface area contributed by atoms with Gasteiger partial charge in [0.2, 0.25) is 0 Å². The summed E-state index contributed by atoms with van der Waals surface area (Å²) in [5, 5.41) is 1.27. The van der Waals surface area contributed by atoms with Gasteiger partial charge in [-0.2, -0.15) is 0 Å². The van der Waals surface area contributed by atoms with Crippen LogP contribution in [0.25, 0.3) is 25.6 Å². The van der Waals surface area contributed by atoms with Crippen molar-refractivity contribution in [3.8, 4) is 0 Å². The maximum Gasteiger partial charge on any atom is 0.303 e. The first-order chi connectivity index (χ1) is 24.4. The second-order valence-corrected chi connectivity index (χ2v) is 14.8. The summed E-state index contributed by atoms with van der Waals surface area (Å²) in [6.07, 6.45) is -3.68. The SMILES string of the molecule is CC(=O)OCC1OC(SC2=N/C(=C\c3cc4c(=O)c5ccccc5sc4s3)C(=O)N2c2ccccc2)C(OC(C)=O)C(OC(C)=O)C1OC(C)=O. The smallest absolute Gasteiger partial charge is 0.303 e. The Balaban J connectivity index is 1.42. The molecule has 0 saturated carbocycles. The lowest BCUT2D eigenvalue weighted by Gasteiger charge is -2.44. The number of hydrogen-bond donors (Lipinski definition) is 0. The Bertz CT molecular complexity index is 2160. The van der Waals surface area contributed by atoms with Crippen LogP contribution >= 0.6 is 34.4 Å². The molecular formula is C35H30N2O11S3. The maximum atomic E-state index is 14.1. The van der Waals surface area contributed by atoms with E-state index in [0.29, 0.717) is 21.3 Å². The Hall–Kier alpha value is -4.90. The molecule has 2 aromatic carbocycles. The molecule has 4 heterocycles. The second kappa shape index (κ2) is 15.1. The third-order valence-corrected chi connectivity index (χ3v) is 11.0. The van der Waals surface area contributed by atoms with Gasteiger partial charge in [0, 0.05) is 42.7 Å². The molecule has 1 fully saturated rings. The number of anilines is 1. The van der Waals surface area contributed by atoms with Crippen molar-refractivity contribution in [1.29, 1.82) is 0 Å². The van der Waals surface area contributed by atoms with E-state index in [-0.39, 0.29) is 16.3 Å². The minimum Gasteiger partial charge on any atom is -0.463 e. The number of esters is 4. The number of amides is 1. The topological polar surface area (TPSA) is 164 Å². The zero-order valence-corrected chi connectivity index (χ0v) is 30.0. The fraction of sp³-hybridized carbons (Fsp3) is 0.286. The zero-order valence-electron chi connectivity index (χ0n) is 27.6. The van der Waals surface area contributed by atoms with Gasteiger partial charge < -0.3 is 23.7 Å². The van der Waals surface area contributed by atoms with Gasteiger partial charge in [-0.25, -0.2) is 4.99 Å². The average Bonchev–Trinajstić information content (AvgIpc) is 3.62. The molecule has 0 bridgehead atoms. The van der Waals surface area contributed by atoms with Crippen molar-refractivity contribution in [2.45, 2.75) is 57.5 Å². The summed E-state index contributed by atoms with van der Waals surface area (Å²) in [5.74, 6) is -3.41. The first-order valence-corrected chi connectivity index (χ1v) is 18.0. The molecule has 1 saturated heterocycles. The summed E-state index contributed by atoms with van der Waals surface area (Å²) in [7, 11) is 0. The number of carbonyl (C=O) groups excluding carboxylic acids is 5. The molecule has 2 aliphatic heterocycles. The number of ether oxygens (including phenoxy) is 5. The molecule has 0 radical (unpaired) electrons. The van der Waals surface area contributed by atoms with Gasteiger partial charge >= 0.3 is 23.9 Å². The summed E-state index contributed by atoms with van der Waals surface area (Å²) in [5.41, 5.74) is -0.799. The van der Waals surface area contributed by atoms with Crippen molar-refractivity contribution in [3.05, 3.63) is 81.5 Å². The van der Waals surface area contributed by atoms with Gasteiger partial charge in [-0.05, 0) is 36.4 Å².